The minimum Gasteiger partial charge on any atom is -0.278 e. The third-order valence-electron chi connectivity index (χ3n) is 2.38. The van der Waals surface area contributed by atoms with E-state index in [4.69, 9.17) is 5.73 Å². The number of nitrogens with one attached hydrogen (secondary N) is 1. The van der Waals surface area contributed by atoms with Crippen molar-refractivity contribution in [2.45, 2.75) is 31.6 Å². The summed E-state index contributed by atoms with van der Waals surface area (Å²) in [4.78, 5) is 3.21. The molecule has 1 saturated carbocycles. The van der Waals surface area contributed by atoms with Gasteiger partial charge in [0.2, 0.25) is 0 Å². The number of hydrogen-bond donors (Lipinski definition) is 1. The summed E-state index contributed by atoms with van der Waals surface area (Å²) in [6, 6.07) is 0. The van der Waals surface area contributed by atoms with E-state index < -0.39 is 0 Å². The molecule has 1 fully saturated rings. The van der Waals surface area contributed by atoms with Crippen LogP contribution in [0.2, 0.25) is 0 Å². The lowest BCUT2D eigenvalue weighted by Crippen LogP contribution is -2.12. The van der Waals surface area contributed by atoms with Gasteiger partial charge in [0.25, 0.3) is 0 Å². The molecular formula is C8H13N2S+. The average Bonchev–Trinajstić information content (AvgIpc) is 2.55. The van der Waals surface area contributed by atoms with E-state index in [2.05, 4.69) is 10.4 Å². The summed E-state index contributed by atoms with van der Waals surface area (Å²) in [6.07, 6.45) is 5.45. The first-order chi connectivity index (χ1) is 5.36. The predicted octanol–water partition coefficient (Wildman–Crippen LogP) is 1.80. The van der Waals surface area contributed by atoms with Gasteiger partial charge in [0.15, 0.2) is 0 Å². The molecule has 60 valence electrons. The Hall–Kier alpha value is -0.570. The molecule has 1 heterocycles. The largest absolute Gasteiger partial charge is 0.329 e. The standard InChI is InChI=1S/C8H12N2S/c9-8-10-7(5-11-8)6-3-1-2-4-6/h5-6H,1-4H2,(H2,9,10)/p+1. The highest BCUT2D eigenvalue weighted by molar-refractivity contribution is 7.13. The molecule has 3 N–H and O–H groups in total. The zero-order chi connectivity index (χ0) is 7.68. The zero-order valence-electron chi connectivity index (χ0n) is 6.47. The summed E-state index contributed by atoms with van der Waals surface area (Å²) in [5, 5.41) is 3.00. The van der Waals surface area contributed by atoms with Crippen LogP contribution in [0.25, 0.3) is 0 Å². The van der Waals surface area contributed by atoms with Gasteiger partial charge in [-0.05, 0) is 12.8 Å². The Bertz CT molecular complexity index is 238. The molecule has 0 radical (unpaired) electrons. The Morgan fingerprint density at radius 2 is 2.18 bits per heavy atom. The Labute approximate surface area is 70.5 Å². The van der Waals surface area contributed by atoms with Gasteiger partial charge in [-0.25, -0.2) is 4.98 Å². The smallest absolute Gasteiger partial charge is 0.278 e. The van der Waals surface area contributed by atoms with Crippen molar-refractivity contribution in [1.82, 2.24) is 0 Å². The number of hydrogen-bond acceptors (Lipinski definition) is 2. The number of H-pyrrole nitrogens is 1. The first kappa shape index (κ1) is 7.10. The number of anilines is 1. The lowest BCUT2D eigenvalue weighted by atomic mass is 10.1. The Balaban J connectivity index is 2.15. The normalized spacial score (nSPS) is 19.3. The van der Waals surface area contributed by atoms with Crippen molar-refractivity contribution in [2.75, 3.05) is 5.73 Å². The van der Waals surface area contributed by atoms with Gasteiger partial charge < -0.3 is 0 Å². The lowest BCUT2D eigenvalue weighted by Gasteiger charge is -1.99. The monoisotopic (exact) mass is 169 g/mol. The number of nitrogens with two attached hydrogens (primary N) is 1. The predicted molar refractivity (Wildman–Crippen MR) is 46.5 cm³/mol. The number of nitrogen functional groups attached to an aromatic ring is 1. The Morgan fingerprint density at radius 1 is 1.45 bits per heavy atom. The van der Waals surface area contributed by atoms with E-state index in [1.807, 2.05) is 0 Å². The molecule has 0 bridgehead atoms. The van der Waals surface area contributed by atoms with Crippen LogP contribution in [0.1, 0.15) is 37.3 Å². The van der Waals surface area contributed by atoms with Gasteiger partial charge in [-0.15, -0.1) is 0 Å². The lowest BCUT2D eigenvalue weighted by molar-refractivity contribution is -0.369. The fraction of sp³-hybridized carbons (Fsp3) is 0.625. The fourth-order valence-electron chi connectivity index (χ4n) is 1.76. The van der Waals surface area contributed by atoms with Crippen LogP contribution in [-0.2, 0) is 0 Å². The Kier molecular flexibility index (Phi) is 1.82. The summed E-state index contributed by atoms with van der Waals surface area (Å²) < 4.78 is 0. The molecule has 11 heavy (non-hydrogen) atoms. The number of aromatic amines is 1. The van der Waals surface area contributed by atoms with Crippen LogP contribution in [0.3, 0.4) is 0 Å². The summed E-state index contributed by atoms with van der Waals surface area (Å²) in [5.41, 5.74) is 6.96. The number of aromatic nitrogens is 1. The van der Waals surface area contributed by atoms with E-state index in [0.29, 0.717) is 0 Å². The quantitative estimate of drug-likeness (QED) is 0.684. The zero-order valence-corrected chi connectivity index (χ0v) is 7.29. The van der Waals surface area contributed by atoms with Gasteiger partial charge in [-0.3, -0.25) is 5.73 Å². The maximum absolute atomic E-state index is 5.61. The van der Waals surface area contributed by atoms with Crippen LogP contribution >= 0.6 is 11.3 Å². The van der Waals surface area contributed by atoms with E-state index in [1.54, 1.807) is 11.3 Å². The molecule has 2 nitrogen and oxygen atoms in total. The van der Waals surface area contributed by atoms with Gasteiger partial charge in [0, 0.05) is 11.3 Å². The fourth-order valence-corrected chi connectivity index (χ4v) is 2.45. The molecule has 0 aliphatic heterocycles. The van der Waals surface area contributed by atoms with Crippen LogP contribution < -0.4 is 10.7 Å². The minimum absolute atomic E-state index is 0.767. The molecule has 0 unspecified atom stereocenters. The van der Waals surface area contributed by atoms with E-state index in [0.717, 1.165) is 11.0 Å². The maximum Gasteiger partial charge on any atom is 0.329 e. The van der Waals surface area contributed by atoms with Gasteiger partial charge in [-0.2, -0.15) is 0 Å². The first-order valence-corrected chi connectivity index (χ1v) is 5.00. The van der Waals surface area contributed by atoms with Crippen molar-refractivity contribution in [1.29, 1.82) is 0 Å². The van der Waals surface area contributed by atoms with Crippen molar-refractivity contribution in [3.8, 4) is 0 Å². The summed E-state index contributed by atoms with van der Waals surface area (Å²) >= 11 is 1.61. The van der Waals surface area contributed by atoms with E-state index in [-0.39, 0.29) is 0 Å². The van der Waals surface area contributed by atoms with Crippen molar-refractivity contribution < 1.29 is 4.98 Å². The third-order valence-corrected chi connectivity index (χ3v) is 3.10. The van der Waals surface area contributed by atoms with Gasteiger partial charge >= 0.3 is 5.13 Å². The van der Waals surface area contributed by atoms with Gasteiger partial charge in [-0.1, -0.05) is 24.2 Å². The molecule has 3 heteroatoms. The summed E-state index contributed by atoms with van der Waals surface area (Å²) in [5.74, 6) is 0.767. The molecule has 1 aliphatic carbocycles. The topological polar surface area (TPSA) is 40.2 Å². The molecule has 0 amide bonds. The molecule has 2 rings (SSSR count). The summed E-state index contributed by atoms with van der Waals surface area (Å²) in [7, 11) is 0. The molecule has 1 aliphatic rings. The van der Waals surface area contributed by atoms with Crippen LogP contribution in [0, 0.1) is 0 Å². The first-order valence-electron chi connectivity index (χ1n) is 4.12. The highest BCUT2D eigenvalue weighted by Crippen LogP contribution is 2.32. The van der Waals surface area contributed by atoms with E-state index >= 15 is 0 Å². The van der Waals surface area contributed by atoms with Crippen LogP contribution in [-0.4, -0.2) is 0 Å². The molecule has 0 spiro atoms. The summed E-state index contributed by atoms with van der Waals surface area (Å²) in [6.45, 7) is 0. The molecular weight excluding hydrogens is 156 g/mol. The second-order valence-corrected chi connectivity index (χ2v) is 4.07. The SMILES string of the molecule is Nc1[nH+]c(C2CCCC2)cs1. The van der Waals surface area contributed by atoms with Gasteiger partial charge in [0.05, 0.1) is 0 Å². The van der Waals surface area contributed by atoms with Crippen molar-refractivity contribution in [2.24, 2.45) is 0 Å². The van der Waals surface area contributed by atoms with Crippen molar-refractivity contribution in [3.05, 3.63) is 11.1 Å². The number of rotatable bonds is 1. The highest BCUT2D eigenvalue weighted by Gasteiger charge is 2.21. The molecule has 0 aromatic carbocycles. The van der Waals surface area contributed by atoms with Crippen molar-refractivity contribution in [3.63, 3.8) is 0 Å². The molecule has 0 saturated heterocycles. The highest BCUT2D eigenvalue weighted by atomic mass is 32.1. The molecule has 1 aromatic rings. The molecule has 0 atom stereocenters. The van der Waals surface area contributed by atoms with Crippen molar-refractivity contribution >= 4 is 16.5 Å². The van der Waals surface area contributed by atoms with E-state index in [1.165, 1.54) is 31.4 Å². The number of thiazole rings is 1. The van der Waals surface area contributed by atoms with Gasteiger partial charge in [0.1, 0.15) is 5.69 Å². The average molecular weight is 169 g/mol. The van der Waals surface area contributed by atoms with Crippen LogP contribution in [0.15, 0.2) is 5.38 Å². The van der Waals surface area contributed by atoms with E-state index in [9.17, 15) is 0 Å². The van der Waals surface area contributed by atoms with Crippen LogP contribution in [0.5, 0.6) is 0 Å². The minimum atomic E-state index is 0.767. The maximum atomic E-state index is 5.61. The third kappa shape index (κ3) is 1.38. The second kappa shape index (κ2) is 2.81. The Morgan fingerprint density at radius 3 is 2.73 bits per heavy atom. The molecule has 1 aromatic heterocycles. The van der Waals surface area contributed by atoms with Crippen LogP contribution in [0.4, 0.5) is 5.13 Å². The second-order valence-electron chi connectivity index (χ2n) is 3.16.